The fraction of sp³-hybridized carbons (Fsp3) is 0.333. The van der Waals surface area contributed by atoms with Crippen molar-refractivity contribution in [3.63, 3.8) is 0 Å². The molecule has 0 unspecified atom stereocenters. The van der Waals surface area contributed by atoms with Gasteiger partial charge in [-0.2, -0.15) is 9.98 Å². The summed E-state index contributed by atoms with van der Waals surface area (Å²) >= 11 is 5.89. The Morgan fingerprint density at radius 3 is 2.41 bits per heavy atom. The highest BCUT2D eigenvalue weighted by Gasteiger charge is 2.28. The second kappa shape index (κ2) is 10.4. The minimum atomic E-state index is -3.95. The molecule has 154 valence electrons. The van der Waals surface area contributed by atoms with Crippen LogP contribution in [0.3, 0.4) is 0 Å². The van der Waals surface area contributed by atoms with Gasteiger partial charge in [0.25, 0.3) is 0 Å². The molecule has 0 saturated carbocycles. The van der Waals surface area contributed by atoms with Crippen molar-refractivity contribution in [2.24, 2.45) is 5.92 Å². The average molecular weight is 434 g/mol. The van der Waals surface area contributed by atoms with Crippen molar-refractivity contribution >= 4 is 27.5 Å². The third-order valence-corrected chi connectivity index (χ3v) is 5.89. The monoisotopic (exact) mass is 433 g/mol. The summed E-state index contributed by atoms with van der Waals surface area (Å²) in [5.74, 6) is -0.478. The van der Waals surface area contributed by atoms with Crippen molar-refractivity contribution in [1.29, 1.82) is 5.26 Å². The van der Waals surface area contributed by atoms with Crippen LogP contribution in [0.15, 0.2) is 59.5 Å². The number of hydrogen-bond donors (Lipinski definition) is 2. The number of nitriles is 1. The summed E-state index contributed by atoms with van der Waals surface area (Å²) in [6.45, 7) is 3.78. The summed E-state index contributed by atoms with van der Waals surface area (Å²) in [4.78, 5) is 12.8. The van der Waals surface area contributed by atoms with Crippen molar-refractivity contribution in [2.45, 2.75) is 43.7 Å². The number of carbonyl (C=O) groups is 1. The fourth-order valence-electron chi connectivity index (χ4n) is 2.82. The highest BCUT2D eigenvalue weighted by molar-refractivity contribution is 7.89. The van der Waals surface area contributed by atoms with Gasteiger partial charge in [0.15, 0.2) is 0 Å². The van der Waals surface area contributed by atoms with Gasteiger partial charge in [0.2, 0.25) is 15.9 Å². The van der Waals surface area contributed by atoms with E-state index in [0.717, 1.165) is 5.56 Å². The van der Waals surface area contributed by atoms with Crippen molar-refractivity contribution < 1.29 is 13.2 Å². The second-order valence-corrected chi connectivity index (χ2v) is 9.29. The van der Waals surface area contributed by atoms with Crippen LogP contribution >= 0.6 is 11.6 Å². The zero-order chi connectivity index (χ0) is 21.4. The molecule has 6 nitrogen and oxygen atoms in total. The standard InChI is InChI=1S/C21H24ClN3O3S/c1-15(2)11-20(25-29(27,28)19-10-6-9-17(22)13-19)21(26)24-18(14-23)12-16-7-4-3-5-8-16/h3-10,13,15,18,20,25H,11-12H2,1-2H3,(H,24,26)/t18-,20-/m0/s1. The van der Waals surface area contributed by atoms with Crippen molar-refractivity contribution in [1.82, 2.24) is 10.0 Å². The summed E-state index contributed by atoms with van der Waals surface area (Å²) in [7, 11) is -3.95. The fourth-order valence-corrected chi connectivity index (χ4v) is 4.33. The minimum Gasteiger partial charge on any atom is -0.339 e. The maximum absolute atomic E-state index is 12.8. The number of nitrogens with one attached hydrogen (secondary N) is 2. The van der Waals surface area contributed by atoms with Gasteiger partial charge >= 0.3 is 0 Å². The molecule has 0 heterocycles. The number of sulfonamides is 1. The van der Waals surface area contributed by atoms with Crippen molar-refractivity contribution in [3.8, 4) is 6.07 Å². The Labute approximate surface area is 176 Å². The van der Waals surface area contributed by atoms with E-state index in [4.69, 9.17) is 11.6 Å². The van der Waals surface area contributed by atoms with Crippen molar-refractivity contribution in [2.75, 3.05) is 0 Å². The lowest BCUT2D eigenvalue weighted by atomic mass is 10.0. The number of halogens is 1. The second-order valence-electron chi connectivity index (χ2n) is 7.14. The van der Waals surface area contributed by atoms with Crippen LogP contribution in [0.4, 0.5) is 0 Å². The van der Waals surface area contributed by atoms with Gasteiger partial charge in [-0.15, -0.1) is 0 Å². The summed E-state index contributed by atoms with van der Waals surface area (Å²) < 4.78 is 27.9. The molecule has 0 fully saturated rings. The Hall–Kier alpha value is -2.40. The van der Waals surface area contributed by atoms with E-state index in [1.165, 1.54) is 18.2 Å². The lowest BCUT2D eigenvalue weighted by molar-refractivity contribution is -0.123. The van der Waals surface area contributed by atoms with Gasteiger partial charge in [-0.25, -0.2) is 8.42 Å². The molecule has 0 aromatic heterocycles. The third kappa shape index (κ3) is 7.17. The Bertz CT molecular complexity index is 972. The van der Waals surface area contributed by atoms with Crippen LogP contribution in [0.1, 0.15) is 25.8 Å². The highest BCUT2D eigenvalue weighted by atomic mass is 35.5. The molecule has 2 rings (SSSR count). The van der Waals surface area contributed by atoms with Crippen LogP contribution in [0.2, 0.25) is 5.02 Å². The van der Waals surface area contributed by atoms with Crippen LogP contribution in [0.5, 0.6) is 0 Å². The Balaban J connectivity index is 2.15. The molecular formula is C21H24ClN3O3S. The van der Waals surface area contributed by atoms with Gasteiger partial charge in [-0.3, -0.25) is 4.79 Å². The molecule has 0 aliphatic heterocycles. The molecular weight excluding hydrogens is 410 g/mol. The van der Waals surface area contributed by atoms with E-state index in [1.54, 1.807) is 6.07 Å². The number of nitrogens with zero attached hydrogens (tertiary/aromatic N) is 1. The number of hydrogen-bond acceptors (Lipinski definition) is 4. The van der Waals surface area contributed by atoms with Crippen LogP contribution in [0.25, 0.3) is 0 Å². The first kappa shape index (κ1) is 22.9. The Morgan fingerprint density at radius 1 is 1.14 bits per heavy atom. The predicted molar refractivity (Wildman–Crippen MR) is 113 cm³/mol. The first-order chi connectivity index (χ1) is 13.7. The van der Waals surface area contributed by atoms with E-state index in [1.807, 2.05) is 44.2 Å². The summed E-state index contributed by atoms with van der Waals surface area (Å²) in [5, 5.41) is 12.4. The van der Waals surface area contributed by atoms with Gasteiger partial charge in [0.1, 0.15) is 12.1 Å². The first-order valence-corrected chi connectivity index (χ1v) is 11.1. The largest absolute Gasteiger partial charge is 0.339 e. The van der Waals surface area contributed by atoms with Gasteiger partial charge in [0, 0.05) is 11.4 Å². The molecule has 1 amide bonds. The van der Waals surface area contributed by atoms with Crippen molar-refractivity contribution in [3.05, 3.63) is 65.2 Å². The smallest absolute Gasteiger partial charge is 0.241 e. The molecule has 2 aromatic rings. The molecule has 2 N–H and O–H groups in total. The van der Waals surface area contributed by atoms with Gasteiger partial charge in [-0.05, 0) is 36.1 Å². The number of amides is 1. The molecule has 0 saturated heterocycles. The lowest BCUT2D eigenvalue weighted by Gasteiger charge is -2.22. The van der Waals surface area contributed by atoms with Crippen LogP contribution < -0.4 is 10.0 Å². The molecule has 2 atom stereocenters. The van der Waals surface area contributed by atoms with Crippen LogP contribution in [-0.2, 0) is 21.2 Å². The molecule has 2 aromatic carbocycles. The van der Waals surface area contributed by atoms with E-state index in [9.17, 15) is 18.5 Å². The molecule has 0 spiro atoms. The maximum Gasteiger partial charge on any atom is 0.241 e. The summed E-state index contributed by atoms with van der Waals surface area (Å²) in [6.07, 6.45) is 0.619. The zero-order valence-electron chi connectivity index (χ0n) is 16.3. The molecule has 0 aliphatic carbocycles. The predicted octanol–water partition coefficient (Wildman–Crippen LogP) is 3.28. The van der Waals surface area contributed by atoms with E-state index in [-0.39, 0.29) is 22.3 Å². The average Bonchev–Trinajstić information content (AvgIpc) is 2.67. The number of carbonyl (C=O) groups excluding carboxylic acids is 1. The van der Waals surface area contributed by atoms with E-state index in [2.05, 4.69) is 16.1 Å². The molecule has 8 heteroatoms. The maximum atomic E-state index is 12.8. The summed E-state index contributed by atoms with van der Waals surface area (Å²) in [6, 6.07) is 15.4. The van der Waals surface area contributed by atoms with E-state index >= 15 is 0 Å². The van der Waals surface area contributed by atoms with Gasteiger partial charge in [0.05, 0.1) is 11.0 Å². The van der Waals surface area contributed by atoms with Crippen LogP contribution in [0, 0.1) is 17.2 Å². The number of benzene rings is 2. The molecule has 0 bridgehead atoms. The Morgan fingerprint density at radius 2 is 1.83 bits per heavy atom. The Kier molecular flexibility index (Phi) is 8.21. The SMILES string of the molecule is CC(C)C[C@H](NS(=O)(=O)c1cccc(Cl)c1)C(=O)N[C@H](C#N)Cc1ccccc1. The highest BCUT2D eigenvalue weighted by Crippen LogP contribution is 2.17. The molecule has 0 radical (unpaired) electrons. The molecule has 29 heavy (non-hydrogen) atoms. The number of rotatable bonds is 9. The first-order valence-electron chi connectivity index (χ1n) is 9.23. The third-order valence-electron chi connectivity index (χ3n) is 4.18. The van der Waals surface area contributed by atoms with Gasteiger partial charge in [-0.1, -0.05) is 61.8 Å². The van der Waals surface area contributed by atoms with Crippen LogP contribution in [-0.4, -0.2) is 26.4 Å². The van der Waals surface area contributed by atoms with E-state index < -0.39 is 28.0 Å². The van der Waals surface area contributed by atoms with Gasteiger partial charge < -0.3 is 5.32 Å². The topological polar surface area (TPSA) is 99.1 Å². The zero-order valence-corrected chi connectivity index (χ0v) is 17.9. The summed E-state index contributed by atoms with van der Waals surface area (Å²) in [5.41, 5.74) is 0.902. The lowest BCUT2D eigenvalue weighted by Crippen LogP contribution is -2.50. The molecule has 0 aliphatic rings. The van der Waals surface area contributed by atoms with E-state index in [0.29, 0.717) is 6.42 Å². The normalized spacial score (nSPS) is 13.5. The minimum absolute atomic E-state index is 0.0207. The quantitative estimate of drug-likeness (QED) is 0.633.